The number of nitrogens with one attached hydrogen (secondary N) is 1. The molecule has 0 radical (unpaired) electrons. The molecule has 9 nitrogen and oxygen atoms in total. The molecule has 4 atom stereocenters. The normalized spacial score (nSPS) is 30.1. The fourth-order valence-electron chi connectivity index (χ4n) is 5.11. The number of ether oxygens (including phenoxy) is 1. The van der Waals surface area contributed by atoms with Gasteiger partial charge in [-0.05, 0) is 37.5 Å². The summed E-state index contributed by atoms with van der Waals surface area (Å²) in [4.78, 5) is 18.6. The Kier molecular flexibility index (Phi) is 3.65. The highest BCUT2D eigenvalue weighted by molar-refractivity contribution is 5.82. The van der Waals surface area contributed by atoms with E-state index in [1.165, 1.54) is 12.8 Å². The Balaban J connectivity index is 1.25. The second kappa shape index (κ2) is 6.23. The van der Waals surface area contributed by atoms with Crippen molar-refractivity contribution in [1.29, 1.82) is 0 Å². The van der Waals surface area contributed by atoms with E-state index in [4.69, 9.17) is 4.74 Å². The van der Waals surface area contributed by atoms with E-state index < -0.39 is 0 Å². The van der Waals surface area contributed by atoms with E-state index in [1.54, 1.807) is 12.7 Å². The van der Waals surface area contributed by atoms with Crippen LogP contribution >= 0.6 is 0 Å². The SMILES string of the molecule is CO[C@@H]1C[C@H]2CN(c3ncnc4nc[nH]c34)C[C@H]2C[C@H]1n1cc(C2CC2)nn1. The summed E-state index contributed by atoms with van der Waals surface area (Å²) < 4.78 is 7.97. The molecule has 0 bridgehead atoms. The first-order valence-electron chi connectivity index (χ1n) is 10.1. The molecule has 6 rings (SSSR count). The molecule has 4 heterocycles. The lowest BCUT2D eigenvalue weighted by molar-refractivity contribution is -0.00542. The van der Waals surface area contributed by atoms with Crippen molar-refractivity contribution in [3.05, 3.63) is 24.5 Å². The van der Waals surface area contributed by atoms with Gasteiger partial charge in [0, 0.05) is 32.3 Å². The number of methoxy groups -OCH3 is 1. The molecule has 3 fully saturated rings. The topological polar surface area (TPSA) is 97.6 Å². The Morgan fingerprint density at radius 3 is 2.79 bits per heavy atom. The molecular formula is C19H24N8O. The Morgan fingerprint density at radius 1 is 1.11 bits per heavy atom. The van der Waals surface area contributed by atoms with Gasteiger partial charge in [0.1, 0.15) is 11.8 Å². The number of fused-ring (bicyclic) bond motifs is 2. The van der Waals surface area contributed by atoms with Crippen LogP contribution in [0.2, 0.25) is 0 Å². The van der Waals surface area contributed by atoms with E-state index in [0.29, 0.717) is 17.8 Å². The average Bonchev–Trinajstić information content (AvgIpc) is 3.12. The molecule has 0 unspecified atom stereocenters. The zero-order valence-corrected chi connectivity index (χ0v) is 15.9. The summed E-state index contributed by atoms with van der Waals surface area (Å²) in [6.45, 7) is 1.99. The fourth-order valence-corrected chi connectivity index (χ4v) is 5.11. The predicted octanol–water partition coefficient (Wildman–Crippen LogP) is 1.92. The van der Waals surface area contributed by atoms with Crippen molar-refractivity contribution in [1.82, 2.24) is 34.9 Å². The van der Waals surface area contributed by atoms with Crippen molar-refractivity contribution in [2.45, 2.75) is 43.7 Å². The second-order valence-electron chi connectivity index (χ2n) is 8.43. The van der Waals surface area contributed by atoms with Crippen molar-refractivity contribution in [3.63, 3.8) is 0 Å². The standard InChI is InChI=1S/C19H24N8O/c1-28-16-5-13-7-26(19-17-18(21-9-20-17)22-10-23-19)6-12(13)4-15(16)27-8-14(24-25-27)11-2-3-11/h8-13,15-16H,2-7H2,1H3,(H,20,21,22,23)/t12-,13+,15-,16-/m1/s1. The summed E-state index contributed by atoms with van der Waals surface area (Å²) in [5, 5.41) is 8.88. The maximum absolute atomic E-state index is 5.90. The maximum atomic E-state index is 5.90. The number of anilines is 1. The van der Waals surface area contributed by atoms with Crippen LogP contribution in [0.3, 0.4) is 0 Å². The van der Waals surface area contributed by atoms with Gasteiger partial charge in [-0.3, -0.25) is 0 Å². The number of H-pyrrole nitrogens is 1. The van der Waals surface area contributed by atoms with Crippen molar-refractivity contribution in [3.8, 4) is 0 Å². The van der Waals surface area contributed by atoms with Crippen LogP contribution < -0.4 is 4.90 Å². The summed E-state index contributed by atoms with van der Waals surface area (Å²) in [5.41, 5.74) is 2.79. The zero-order chi connectivity index (χ0) is 18.7. The van der Waals surface area contributed by atoms with Crippen LogP contribution in [0.4, 0.5) is 5.82 Å². The molecule has 146 valence electrons. The Labute approximate surface area is 162 Å². The summed E-state index contributed by atoms with van der Waals surface area (Å²) in [5.74, 6) is 2.78. The van der Waals surface area contributed by atoms with Gasteiger partial charge in [-0.25, -0.2) is 19.6 Å². The Hall–Kier alpha value is -2.55. The van der Waals surface area contributed by atoms with Crippen LogP contribution in [0.5, 0.6) is 0 Å². The number of rotatable bonds is 4. The molecule has 2 aliphatic carbocycles. The predicted molar refractivity (Wildman–Crippen MR) is 102 cm³/mol. The first-order chi connectivity index (χ1) is 13.8. The highest BCUT2D eigenvalue weighted by Crippen LogP contribution is 2.44. The summed E-state index contributed by atoms with van der Waals surface area (Å²) in [6, 6.07) is 0.253. The van der Waals surface area contributed by atoms with Crippen LogP contribution in [0.15, 0.2) is 18.9 Å². The van der Waals surface area contributed by atoms with Crippen LogP contribution in [-0.4, -0.2) is 61.2 Å². The van der Waals surface area contributed by atoms with Gasteiger partial charge >= 0.3 is 0 Å². The van der Waals surface area contributed by atoms with Gasteiger partial charge in [-0.15, -0.1) is 5.10 Å². The first kappa shape index (κ1) is 16.4. The minimum Gasteiger partial charge on any atom is -0.379 e. The smallest absolute Gasteiger partial charge is 0.182 e. The molecule has 0 aromatic carbocycles. The molecule has 3 aromatic rings. The number of aromatic amines is 1. The number of aromatic nitrogens is 7. The zero-order valence-electron chi connectivity index (χ0n) is 15.9. The quantitative estimate of drug-likeness (QED) is 0.738. The molecule has 1 N–H and O–H groups in total. The molecule has 28 heavy (non-hydrogen) atoms. The average molecular weight is 380 g/mol. The maximum Gasteiger partial charge on any atom is 0.182 e. The largest absolute Gasteiger partial charge is 0.379 e. The molecule has 1 aliphatic heterocycles. The van der Waals surface area contributed by atoms with Gasteiger partial charge in [-0.2, -0.15) is 0 Å². The van der Waals surface area contributed by atoms with Gasteiger partial charge in [0.2, 0.25) is 0 Å². The van der Waals surface area contributed by atoms with E-state index in [2.05, 4.69) is 46.0 Å². The van der Waals surface area contributed by atoms with Crippen molar-refractivity contribution in [2.24, 2.45) is 11.8 Å². The highest BCUT2D eigenvalue weighted by atomic mass is 16.5. The molecule has 2 saturated carbocycles. The van der Waals surface area contributed by atoms with Crippen LogP contribution in [-0.2, 0) is 4.74 Å². The first-order valence-corrected chi connectivity index (χ1v) is 10.1. The highest BCUT2D eigenvalue weighted by Gasteiger charge is 2.44. The van der Waals surface area contributed by atoms with E-state index in [-0.39, 0.29) is 12.1 Å². The number of imidazole rings is 1. The van der Waals surface area contributed by atoms with Gasteiger partial charge in [-0.1, -0.05) is 5.21 Å². The fraction of sp³-hybridized carbons (Fsp3) is 0.632. The van der Waals surface area contributed by atoms with E-state index in [0.717, 1.165) is 48.6 Å². The summed E-state index contributed by atoms with van der Waals surface area (Å²) >= 11 is 0. The monoisotopic (exact) mass is 380 g/mol. The lowest BCUT2D eigenvalue weighted by atomic mass is 9.77. The Morgan fingerprint density at radius 2 is 1.96 bits per heavy atom. The molecule has 3 aliphatic rings. The van der Waals surface area contributed by atoms with Gasteiger partial charge in [0.05, 0.1) is 24.2 Å². The third kappa shape index (κ3) is 2.60. The van der Waals surface area contributed by atoms with Crippen molar-refractivity contribution < 1.29 is 4.74 Å². The Bertz CT molecular complexity index is 995. The van der Waals surface area contributed by atoms with E-state index >= 15 is 0 Å². The van der Waals surface area contributed by atoms with Crippen molar-refractivity contribution in [2.75, 3.05) is 25.1 Å². The number of hydrogen-bond acceptors (Lipinski definition) is 7. The van der Waals surface area contributed by atoms with Crippen LogP contribution in [0.25, 0.3) is 11.2 Å². The molecular weight excluding hydrogens is 356 g/mol. The van der Waals surface area contributed by atoms with Gasteiger partial charge < -0.3 is 14.6 Å². The summed E-state index contributed by atoms with van der Waals surface area (Å²) in [6.07, 6.45) is 10.2. The second-order valence-corrected chi connectivity index (χ2v) is 8.43. The molecule has 1 saturated heterocycles. The lowest BCUT2D eigenvalue weighted by Crippen LogP contribution is -2.37. The minimum atomic E-state index is 0.174. The van der Waals surface area contributed by atoms with Crippen LogP contribution in [0.1, 0.15) is 43.3 Å². The van der Waals surface area contributed by atoms with Gasteiger partial charge in [0.25, 0.3) is 0 Å². The van der Waals surface area contributed by atoms with Crippen LogP contribution in [0, 0.1) is 11.8 Å². The third-order valence-electron chi connectivity index (χ3n) is 6.75. The molecule has 0 amide bonds. The van der Waals surface area contributed by atoms with Crippen molar-refractivity contribution >= 4 is 17.0 Å². The summed E-state index contributed by atoms with van der Waals surface area (Å²) in [7, 11) is 1.82. The van der Waals surface area contributed by atoms with E-state index in [9.17, 15) is 0 Å². The molecule has 3 aromatic heterocycles. The number of hydrogen-bond donors (Lipinski definition) is 1. The van der Waals surface area contributed by atoms with E-state index in [1.807, 2.05) is 7.11 Å². The third-order valence-corrected chi connectivity index (χ3v) is 6.75. The molecule has 0 spiro atoms. The number of nitrogens with zero attached hydrogens (tertiary/aromatic N) is 7. The van der Waals surface area contributed by atoms with Gasteiger partial charge in [0.15, 0.2) is 11.5 Å². The molecule has 9 heteroatoms. The minimum absolute atomic E-state index is 0.174. The lowest BCUT2D eigenvalue weighted by Gasteiger charge is -2.36.